The molecule has 4 unspecified atom stereocenters. The van der Waals surface area contributed by atoms with Crippen LogP contribution in [-0.4, -0.2) is 35.9 Å². The van der Waals surface area contributed by atoms with Crippen molar-refractivity contribution in [1.82, 2.24) is 10.9 Å². The predicted molar refractivity (Wildman–Crippen MR) is 107 cm³/mol. The van der Waals surface area contributed by atoms with Gasteiger partial charge in [0.1, 0.15) is 0 Å². The Kier molecular flexibility index (Phi) is 7.45. The van der Waals surface area contributed by atoms with Crippen molar-refractivity contribution in [3.63, 3.8) is 0 Å². The van der Waals surface area contributed by atoms with Gasteiger partial charge < -0.3 is 15.2 Å². The average molecular weight is 387 g/mol. The van der Waals surface area contributed by atoms with Crippen LogP contribution in [0.3, 0.4) is 0 Å². The van der Waals surface area contributed by atoms with Gasteiger partial charge in [0.15, 0.2) is 0 Å². The number of nitrogens with one attached hydrogen (secondary N) is 3. The van der Waals surface area contributed by atoms with Crippen molar-refractivity contribution < 1.29 is 19.4 Å². The molecular formula is C21H29N3O4. The van der Waals surface area contributed by atoms with Crippen LogP contribution in [0.5, 0.6) is 0 Å². The van der Waals surface area contributed by atoms with Gasteiger partial charge in [0.2, 0.25) is 0 Å². The van der Waals surface area contributed by atoms with Crippen LogP contribution in [0.25, 0.3) is 0 Å². The van der Waals surface area contributed by atoms with Crippen LogP contribution < -0.4 is 16.2 Å². The van der Waals surface area contributed by atoms with Crippen molar-refractivity contribution in [2.45, 2.75) is 50.7 Å². The molecule has 3 rings (SSSR count). The molecule has 7 heteroatoms. The molecule has 1 aromatic carbocycles. The fourth-order valence-corrected chi connectivity index (χ4v) is 4.16. The van der Waals surface area contributed by atoms with E-state index in [4.69, 9.17) is 9.84 Å². The molecule has 2 bridgehead atoms. The molecule has 2 aliphatic heterocycles. The minimum atomic E-state index is -0.746. The van der Waals surface area contributed by atoms with Crippen LogP contribution in [0, 0.1) is 11.8 Å². The number of ether oxygens (including phenoxy) is 1. The summed E-state index contributed by atoms with van der Waals surface area (Å²) in [6.07, 6.45) is 9.54. The molecular weight excluding hydrogens is 358 g/mol. The van der Waals surface area contributed by atoms with Crippen molar-refractivity contribution >= 4 is 17.7 Å². The fraction of sp³-hybridized carbons (Fsp3) is 0.524. The number of carboxylic acids is 1. The number of carbonyl (C=O) groups excluding carboxylic acids is 1. The van der Waals surface area contributed by atoms with E-state index in [2.05, 4.69) is 28.3 Å². The van der Waals surface area contributed by atoms with Crippen molar-refractivity contribution in [2.75, 3.05) is 11.9 Å². The van der Waals surface area contributed by atoms with Gasteiger partial charge in [-0.1, -0.05) is 30.4 Å². The molecule has 1 aromatic rings. The van der Waals surface area contributed by atoms with Gasteiger partial charge in [0, 0.05) is 24.6 Å². The minimum absolute atomic E-state index is 0.213. The number of urea groups is 1. The van der Waals surface area contributed by atoms with Gasteiger partial charge in [-0.15, -0.1) is 0 Å². The number of aliphatic carboxylic acids is 1. The molecule has 2 saturated heterocycles. The Hall–Kier alpha value is -2.38. The van der Waals surface area contributed by atoms with Gasteiger partial charge in [-0.25, -0.2) is 10.2 Å². The van der Waals surface area contributed by atoms with E-state index in [-0.39, 0.29) is 18.6 Å². The molecule has 0 saturated carbocycles. The van der Waals surface area contributed by atoms with Crippen LogP contribution in [0.4, 0.5) is 10.5 Å². The van der Waals surface area contributed by atoms with E-state index in [0.29, 0.717) is 30.9 Å². The molecule has 7 nitrogen and oxygen atoms in total. The van der Waals surface area contributed by atoms with E-state index >= 15 is 0 Å². The summed E-state index contributed by atoms with van der Waals surface area (Å²) in [4.78, 5) is 22.5. The van der Waals surface area contributed by atoms with Gasteiger partial charge in [-0.2, -0.15) is 0 Å². The lowest BCUT2D eigenvalue weighted by molar-refractivity contribution is -0.137. The number of hydrazine groups is 1. The number of allylic oxidation sites excluding steroid dienone is 2. The highest BCUT2D eigenvalue weighted by atomic mass is 16.5. The Bertz CT molecular complexity index is 679. The Morgan fingerprint density at radius 1 is 1.11 bits per heavy atom. The quantitative estimate of drug-likeness (QED) is 0.280. The molecule has 2 amide bonds. The third-order valence-corrected chi connectivity index (χ3v) is 5.50. The molecule has 4 atom stereocenters. The summed E-state index contributed by atoms with van der Waals surface area (Å²) >= 11 is 0. The molecule has 2 heterocycles. The zero-order valence-electron chi connectivity index (χ0n) is 16.0. The summed E-state index contributed by atoms with van der Waals surface area (Å²) in [5.74, 6) is 0.0465. The molecule has 0 aromatic heterocycles. The molecule has 0 radical (unpaired) electrons. The van der Waals surface area contributed by atoms with Crippen LogP contribution >= 0.6 is 0 Å². The lowest BCUT2D eigenvalue weighted by Gasteiger charge is -2.27. The molecule has 2 aliphatic rings. The zero-order valence-corrected chi connectivity index (χ0v) is 16.0. The normalized spacial score (nSPS) is 25.9. The molecule has 0 spiro atoms. The van der Waals surface area contributed by atoms with Crippen molar-refractivity contribution in [3.05, 3.63) is 42.5 Å². The van der Waals surface area contributed by atoms with Crippen LogP contribution in [0.1, 0.15) is 38.5 Å². The van der Waals surface area contributed by atoms with Gasteiger partial charge in [0.25, 0.3) is 0 Å². The summed E-state index contributed by atoms with van der Waals surface area (Å²) in [5, 5.41) is 11.4. The first-order valence-electron chi connectivity index (χ1n) is 10.0. The Morgan fingerprint density at radius 3 is 2.61 bits per heavy atom. The number of para-hydroxylation sites is 1. The van der Waals surface area contributed by atoms with E-state index in [0.717, 1.165) is 31.4 Å². The largest absolute Gasteiger partial charge is 0.481 e. The summed E-state index contributed by atoms with van der Waals surface area (Å²) in [7, 11) is 0. The highest BCUT2D eigenvalue weighted by molar-refractivity contribution is 5.88. The third kappa shape index (κ3) is 5.81. The number of carboxylic acid groups (broad SMARTS) is 1. The second-order valence-corrected chi connectivity index (χ2v) is 7.44. The summed E-state index contributed by atoms with van der Waals surface area (Å²) in [6.45, 7) is 0.668. The highest BCUT2D eigenvalue weighted by Crippen LogP contribution is 2.44. The van der Waals surface area contributed by atoms with Crippen LogP contribution in [0.2, 0.25) is 0 Å². The van der Waals surface area contributed by atoms with E-state index in [1.807, 2.05) is 30.3 Å². The lowest BCUT2D eigenvalue weighted by atomic mass is 9.77. The number of benzene rings is 1. The van der Waals surface area contributed by atoms with Gasteiger partial charge >= 0.3 is 12.0 Å². The first-order chi connectivity index (χ1) is 13.6. The van der Waals surface area contributed by atoms with Gasteiger partial charge in [-0.3, -0.25) is 10.2 Å². The first kappa shape index (κ1) is 20.4. The molecule has 2 fully saturated rings. The molecule has 152 valence electrons. The van der Waals surface area contributed by atoms with Gasteiger partial charge in [-0.05, 0) is 50.2 Å². The summed E-state index contributed by atoms with van der Waals surface area (Å²) < 4.78 is 6.08. The van der Waals surface area contributed by atoms with E-state index < -0.39 is 5.97 Å². The molecule has 0 aliphatic carbocycles. The minimum Gasteiger partial charge on any atom is -0.481 e. The summed E-state index contributed by atoms with van der Waals surface area (Å²) in [6, 6.07) is 9.03. The highest BCUT2D eigenvalue weighted by Gasteiger charge is 2.47. The van der Waals surface area contributed by atoms with Crippen molar-refractivity contribution in [1.29, 1.82) is 0 Å². The number of anilines is 1. The summed E-state index contributed by atoms with van der Waals surface area (Å²) in [5.41, 5.74) is 6.50. The number of carbonyl (C=O) groups is 2. The maximum atomic E-state index is 12.0. The second-order valence-electron chi connectivity index (χ2n) is 7.44. The predicted octanol–water partition coefficient (Wildman–Crippen LogP) is 3.31. The third-order valence-electron chi connectivity index (χ3n) is 5.50. The fourth-order valence-electron chi connectivity index (χ4n) is 4.16. The topological polar surface area (TPSA) is 99.7 Å². The SMILES string of the molecule is O=C(O)CCC/C=C/CC1C2CCC(O2)C1CNNC(=O)Nc1ccccc1. The zero-order chi connectivity index (χ0) is 19.8. The Balaban J connectivity index is 1.40. The number of hydrogen-bond donors (Lipinski definition) is 4. The van der Waals surface area contributed by atoms with Crippen molar-refractivity contribution in [3.8, 4) is 0 Å². The number of fused-ring (bicyclic) bond motifs is 2. The monoisotopic (exact) mass is 387 g/mol. The average Bonchev–Trinajstić information content (AvgIpc) is 3.27. The molecule has 28 heavy (non-hydrogen) atoms. The van der Waals surface area contributed by atoms with E-state index in [1.165, 1.54) is 0 Å². The lowest BCUT2D eigenvalue weighted by Crippen LogP contribution is -2.45. The van der Waals surface area contributed by atoms with E-state index in [9.17, 15) is 9.59 Å². The Morgan fingerprint density at radius 2 is 1.86 bits per heavy atom. The van der Waals surface area contributed by atoms with Crippen molar-refractivity contribution in [2.24, 2.45) is 11.8 Å². The first-order valence-corrected chi connectivity index (χ1v) is 10.0. The number of hydrogen-bond acceptors (Lipinski definition) is 4. The number of unbranched alkanes of at least 4 members (excludes halogenated alkanes) is 1. The number of amides is 2. The standard InChI is InChI=1S/C21H29N3O4/c25-20(26)11-7-2-1-6-10-16-17(19-13-12-18(16)28-19)14-22-24-21(27)23-15-8-4-3-5-9-15/h1,3-6,8-9,16-19,22H,2,7,10-14H2,(H,25,26)(H2,23,24,27)/b6-1+. The molecule has 4 N–H and O–H groups in total. The van der Waals surface area contributed by atoms with Crippen LogP contribution in [-0.2, 0) is 9.53 Å². The van der Waals surface area contributed by atoms with Crippen LogP contribution in [0.15, 0.2) is 42.5 Å². The van der Waals surface area contributed by atoms with Gasteiger partial charge in [0.05, 0.1) is 12.2 Å². The Labute approximate surface area is 165 Å². The maximum absolute atomic E-state index is 12.0. The second kappa shape index (κ2) is 10.2. The number of rotatable bonds is 10. The maximum Gasteiger partial charge on any atom is 0.333 e. The van der Waals surface area contributed by atoms with E-state index in [1.54, 1.807) is 0 Å². The smallest absolute Gasteiger partial charge is 0.333 e.